The molecule has 2 saturated heterocycles. The van der Waals surface area contributed by atoms with E-state index in [-0.39, 0.29) is 12.5 Å². The van der Waals surface area contributed by atoms with Crippen molar-refractivity contribution < 1.29 is 19.2 Å². The predicted octanol–water partition coefficient (Wildman–Crippen LogP) is 3.89. The normalized spacial score (nSPS) is 19.2. The quantitative estimate of drug-likeness (QED) is 0.512. The van der Waals surface area contributed by atoms with Gasteiger partial charge in [0.2, 0.25) is 5.91 Å². The Hall–Kier alpha value is -2.93. The second-order valence-electron chi connectivity index (χ2n) is 7.42. The summed E-state index contributed by atoms with van der Waals surface area (Å²) >= 11 is 0.863. The van der Waals surface area contributed by atoms with E-state index in [0.29, 0.717) is 23.6 Å². The van der Waals surface area contributed by atoms with Crippen molar-refractivity contribution in [1.29, 1.82) is 0 Å². The van der Waals surface area contributed by atoms with Gasteiger partial charge in [0.1, 0.15) is 12.8 Å². The summed E-state index contributed by atoms with van der Waals surface area (Å²) in [6.07, 6.45) is 8.12. The lowest BCUT2D eigenvalue weighted by molar-refractivity contribution is -0.135. The minimum absolute atomic E-state index is 0.178. The molecule has 2 fully saturated rings. The van der Waals surface area contributed by atoms with Crippen LogP contribution in [0.25, 0.3) is 12.2 Å². The number of aldehydes is 1. The molecule has 2 aliphatic rings. The fraction of sp³-hybridized carbons (Fsp3) is 0.304. The first-order valence-electron chi connectivity index (χ1n) is 9.82. The molecule has 3 amide bonds. The zero-order valence-corrected chi connectivity index (χ0v) is 17.9. The number of carbonyl (C=O) groups is 4. The molecule has 0 saturated carbocycles. The SMILES string of the molecule is C/C(C=O)=C\c1ccc(/C=C(C)/C=C2\SC(=O)N(CC(=O)N3CCCC3)C2=O)cc1. The first kappa shape index (κ1) is 21.8. The molecule has 0 atom stereocenters. The summed E-state index contributed by atoms with van der Waals surface area (Å²) in [7, 11) is 0. The second-order valence-corrected chi connectivity index (χ2v) is 8.41. The Morgan fingerprint density at radius 2 is 1.57 bits per heavy atom. The Labute approximate surface area is 180 Å². The third-order valence-corrected chi connectivity index (χ3v) is 5.80. The van der Waals surface area contributed by atoms with Crippen molar-refractivity contribution in [3.8, 4) is 0 Å². The highest BCUT2D eigenvalue weighted by atomic mass is 32.2. The highest BCUT2D eigenvalue weighted by molar-refractivity contribution is 8.18. The van der Waals surface area contributed by atoms with Gasteiger partial charge in [0.15, 0.2) is 0 Å². The molecule has 2 heterocycles. The van der Waals surface area contributed by atoms with Gasteiger partial charge in [-0.2, -0.15) is 0 Å². The molecular formula is C23H24N2O4S. The maximum Gasteiger partial charge on any atom is 0.294 e. The van der Waals surface area contributed by atoms with Crippen molar-refractivity contribution in [2.24, 2.45) is 0 Å². The van der Waals surface area contributed by atoms with Crippen LogP contribution in [-0.2, 0) is 14.4 Å². The number of amides is 3. The lowest BCUT2D eigenvalue weighted by Crippen LogP contribution is -2.40. The molecular weight excluding hydrogens is 400 g/mol. The number of imide groups is 1. The Kier molecular flexibility index (Phi) is 7.05. The topological polar surface area (TPSA) is 74.8 Å². The number of carbonyl (C=O) groups excluding carboxylic acids is 4. The van der Waals surface area contributed by atoms with E-state index in [9.17, 15) is 19.2 Å². The molecule has 7 heteroatoms. The molecule has 0 unspecified atom stereocenters. The maximum atomic E-state index is 12.6. The first-order valence-corrected chi connectivity index (χ1v) is 10.6. The number of hydrogen-bond acceptors (Lipinski definition) is 5. The van der Waals surface area contributed by atoms with Crippen LogP contribution in [0.2, 0.25) is 0 Å². The lowest BCUT2D eigenvalue weighted by Gasteiger charge is -2.18. The van der Waals surface area contributed by atoms with Gasteiger partial charge in [-0.3, -0.25) is 24.1 Å². The molecule has 3 rings (SSSR count). The van der Waals surface area contributed by atoms with Crippen molar-refractivity contribution >= 4 is 47.3 Å². The van der Waals surface area contributed by atoms with Gasteiger partial charge in [-0.25, -0.2) is 0 Å². The number of benzene rings is 1. The summed E-state index contributed by atoms with van der Waals surface area (Å²) in [6, 6.07) is 7.65. The summed E-state index contributed by atoms with van der Waals surface area (Å²) in [5.74, 6) is -0.600. The Balaban J connectivity index is 1.68. The number of rotatable bonds is 6. The summed E-state index contributed by atoms with van der Waals surface area (Å²) in [4.78, 5) is 50.9. The fourth-order valence-corrected chi connectivity index (χ4v) is 4.22. The number of hydrogen-bond donors (Lipinski definition) is 0. The molecule has 6 nitrogen and oxygen atoms in total. The standard InChI is InChI=1S/C23H24N2O4S/c1-16(11-18-5-7-19(8-6-18)12-17(2)15-26)13-20-22(28)25(23(29)30-20)14-21(27)24-9-3-4-10-24/h5-8,11-13,15H,3-4,9-10,14H2,1-2H3/b16-11+,17-12+,20-13-. The zero-order valence-electron chi connectivity index (χ0n) is 17.1. The Morgan fingerprint density at radius 1 is 1.00 bits per heavy atom. The number of nitrogens with zero attached hydrogens (tertiary/aromatic N) is 2. The molecule has 1 aromatic carbocycles. The Morgan fingerprint density at radius 3 is 2.13 bits per heavy atom. The van der Waals surface area contributed by atoms with E-state index in [1.807, 2.05) is 37.3 Å². The number of allylic oxidation sites excluding steroid dienone is 3. The number of likely N-dealkylation sites (tertiary alicyclic amines) is 1. The third-order valence-electron chi connectivity index (χ3n) is 4.90. The van der Waals surface area contributed by atoms with Crippen LogP contribution in [-0.4, -0.2) is 52.8 Å². The average molecular weight is 425 g/mol. The third kappa shape index (κ3) is 5.36. The second kappa shape index (κ2) is 9.71. The summed E-state index contributed by atoms with van der Waals surface area (Å²) in [5, 5.41) is -0.409. The van der Waals surface area contributed by atoms with Crippen LogP contribution in [0.5, 0.6) is 0 Å². The van der Waals surface area contributed by atoms with Crippen LogP contribution in [0.4, 0.5) is 4.79 Å². The monoisotopic (exact) mass is 424 g/mol. The lowest BCUT2D eigenvalue weighted by atomic mass is 10.1. The predicted molar refractivity (Wildman–Crippen MR) is 118 cm³/mol. The van der Waals surface area contributed by atoms with Crippen LogP contribution < -0.4 is 0 Å². The van der Waals surface area contributed by atoms with Crippen molar-refractivity contribution in [2.75, 3.05) is 19.6 Å². The summed E-state index contributed by atoms with van der Waals surface area (Å²) < 4.78 is 0. The fourth-order valence-electron chi connectivity index (χ4n) is 3.33. The summed E-state index contributed by atoms with van der Waals surface area (Å²) in [5.41, 5.74) is 3.33. The summed E-state index contributed by atoms with van der Waals surface area (Å²) in [6.45, 7) is 4.79. The maximum absolute atomic E-state index is 12.6. The highest BCUT2D eigenvalue weighted by Crippen LogP contribution is 2.31. The van der Waals surface area contributed by atoms with Crippen LogP contribution >= 0.6 is 11.8 Å². The molecule has 0 bridgehead atoms. The molecule has 0 radical (unpaired) electrons. The van der Waals surface area contributed by atoms with Gasteiger partial charge in [0, 0.05) is 13.1 Å². The van der Waals surface area contributed by atoms with Gasteiger partial charge >= 0.3 is 0 Å². The van der Waals surface area contributed by atoms with E-state index >= 15 is 0 Å². The van der Waals surface area contributed by atoms with Crippen molar-refractivity contribution in [1.82, 2.24) is 9.80 Å². The minimum atomic E-state index is -0.421. The van der Waals surface area contributed by atoms with Crippen molar-refractivity contribution in [3.05, 3.63) is 57.5 Å². The van der Waals surface area contributed by atoms with Crippen LogP contribution in [0.1, 0.15) is 37.8 Å². The molecule has 30 heavy (non-hydrogen) atoms. The van der Waals surface area contributed by atoms with E-state index in [0.717, 1.165) is 52.5 Å². The van der Waals surface area contributed by atoms with Gasteiger partial charge in [0.05, 0.1) is 4.91 Å². The van der Waals surface area contributed by atoms with Crippen molar-refractivity contribution in [2.45, 2.75) is 26.7 Å². The molecule has 156 valence electrons. The van der Waals surface area contributed by atoms with Gasteiger partial charge < -0.3 is 4.90 Å². The van der Waals surface area contributed by atoms with Gasteiger partial charge in [0.25, 0.3) is 11.1 Å². The van der Waals surface area contributed by atoms with Gasteiger partial charge in [-0.15, -0.1) is 0 Å². The first-order chi connectivity index (χ1) is 14.4. The van der Waals surface area contributed by atoms with Crippen LogP contribution in [0.15, 0.2) is 46.4 Å². The average Bonchev–Trinajstić information content (AvgIpc) is 3.34. The van der Waals surface area contributed by atoms with Crippen LogP contribution in [0.3, 0.4) is 0 Å². The van der Waals surface area contributed by atoms with Crippen molar-refractivity contribution in [3.63, 3.8) is 0 Å². The number of thioether (sulfide) groups is 1. The Bertz CT molecular complexity index is 954. The largest absolute Gasteiger partial charge is 0.341 e. The molecule has 0 aliphatic carbocycles. The minimum Gasteiger partial charge on any atom is -0.341 e. The van der Waals surface area contributed by atoms with Gasteiger partial charge in [-0.05, 0) is 72.9 Å². The molecule has 0 aromatic heterocycles. The molecule has 2 aliphatic heterocycles. The van der Waals surface area contributed by atoms with E-state index in [1.54, 1.807) is 24.0 Å². The van der Waals surface area contributed by atoms with E-state index < -0.39 is 11.1 Å². The van der Waals surface area contributed by atoms with E-state index in [1.165, 1.54) is 0 Å². The van der Waals surface area contributed by atoms with Gasteiger partial charge in [-0.1, -0.05) is 30.3 Å². The molecule has 1 aromatic rings. The zero-order chi connectivity index (χ0) is 21.7. The van der Waals surface area contributed by atoms with Crippen LogP contribution in [0, 0.1) is 0 Å². The van der Waals surface area contributed by atoms with E-state index in [4.69, 9.17) is 0 Å². The highest BCUT2D eigenvalue weighted by Gasteiger charge is 2.37. The smallest absolute Gasteiger partial charge is 0.294 e. The molecule has 0 spiro atoms. The molecule has 0 N–H and O–H groups in total. The van der Waals surface area contributed by atoms with E-state index in [2.05, 4.69) is 0 Å².